The van der Waals surface area contributed by atoms with Crippen LogP contribution in [0.2, 0.25) is 0 Å². The lowest BCUT2D eigenvalue weighted by Gasteiger charge is -2.30. The molecule has 1 fully saturated rings. The first kappa shape index (κ1) is 22.9. The van der Waals surface area contributed by atoms with Crippen molar-refractivity contribution in [2.45, 2.75) is 55.9 Å². The quantitative estimate of drug-likeness (QED) is 0.517. The van der Waals surface area contributed by atoms with E-state index >= 15 is 0 Å². The summed E-state index contributed by atoms with van der Waals surface area (Å²) in [4.78, 5) is 17.5. The second-order valence-corrected chi connectivity index (χ2v) is 9.88. The molecule has 0 saturated heterocycles. The molecule has 1 amide bonds. The average molecular weight is 473 g/mol. The minimum absolute atomic E-state index is 0.149. The number of carbonyl (C=O) groups excluding carboxylic acids is 1. The van der Waals surface area contributed by atoms with E-state index in [1.165, 1.54) is 42.5 Å². The Morgan fingerprint density at radius 1 is 1.06 bits per heavy atom. The van der Waals surface area contributed by atoms with Gasteiger partial charge in [0.05, 0.1) is 10.6 Å². The third-order valence-electron chi connectivity index (χ3n) is 5.79. The van der Waals surface area contributed by atoms with E-state index in [2.05, 4.69) is 20.2 Å². The minimum atomic E-state index is -4.10. The van der Waals surface area contributed by atoms with Crippen LogP contribution in [-0.2, 0) is 15.6 Å². The summed E-state index contributed by atoms with van der Waals surface area (Å²) in [6.45, 7) is 1.69. The zero-order valence-corrected chi connectivity index (χ0v) is 19.0. The molecule has 10 heteroatoms. The zero-order valence-electron chi connectivity index (χ0n) is 18.2. The Morgan fingerprint density at radius 2 is 1.79 bits per heavy atom. The molecule has 0 bridgehead atoms. The average Bonchev–Trinajstić information content (AvgIpc) is 3.10. The maximum Gasteiger partial charge on any atom is 0.262 e. The third kappa shape index (κ3) is 5.05. The maximum absolute atomic E-state index is 13.9. The minimum Gasteiger partial charge on any atom is -0.340 e. The summed E-state index contributed by atoms with van der Waals surface area (Å²) >= 11 is 0. The molecular formula is C23H25FN4O4S. The molecule has 1 saturated carbocycles. The first-order valence-corrected chi connectivity index (χ1v) is 12.3. The number of hydrogen-bond acceptors (Lipinski definition) is 6. The standard InChI is InChI=1S/C23H25FN4O4S/c1-16-25-22(27-32-16)23(13-6-2-3-7-14-23)26-21(29)17-9-8-10-18(15-17)33(30,31)28-20-12-5-4-11-19(20)24/h4-5,8-12,15,28H,2-3,6-7,13-14H2,1H3,(H,26,29). The van der Waals surface area contributed by atoms with Gasteiger partial charge >= 0.3 is 0 Å². The van der Waals surface area contributed by atoms with Gasteiger partial charge in [0.15, 0.2) is 5.82 Å². The number of halogens is 1. The number of sulfonamides is 1. The second kappa shape index (κ2) is 9.30. The number of carbonyl (C=O) groups is 1. The molecular weight excluding hydrogens is 447 g/mol. The van der Waals surface area contributed by atoms with Crippen LogP contribution in [0.5, 0.6) is 0 Å². The molecule has 4 rings (SSSR count). The van der Waals surface area contributed by atoms with Crippen LogP contribution in [0.25, 0.3) is 0 Å². The molecule has 0 aliphatic heterocycles. The Balaban J connectivity index is 1.61. The van der Waals surface area contributed by atoms with Crippen LogP contribution in [0.4, 0.5) is 10.1 Å². The van der Waals surface area contributed by atoms with Gasteiger partial charge in [-0.3, -0.25) is 9.52 Å². The van der Waals surface area contributed by atoms with E-state index in [1.54, 1.807) is 6.92 Å². The zero-order chi connectivity index (χ0) is 23.5. The highest BCUT2D eigenvalue weighted by atomic mass is 32.2. The van der Waals surface area contributed by atoms with E-state index in [9.17, 15) is 17.6 Å². The molecule has 3 aromatic rings. The SMILES string of the molecule is Cc1nc(C2(NC(=O)c3cccc(S(=O)(=O)Nc4ccccc4F)c3)CCCCCC2)no1. The van der Waals surface area contributed by atoms with Crippen molar-refractivity contribution < 1.29 is 22.1 Å². The molecule has 174 valence electrons. The smallest absolute Gasteiger partial charge is 0.262 e. The van der Waals surface area contributed by atoms with Gasteiger partial charge in [0.1, 0.15) is 11.4 Å². The van der Waals surface area contributed by atoms with Gasteiger partial charge in [-0.15, -0.1) is 0 Å². The number of anilines is 1. The van der Waals surface area contributed by atoms with Crippen LogP contribution >= 0.6 is 0 Å². The fourth-order valence-corrected chi connectivity index (χ4v) is 5.18. The number of aromatic nitrogens is 2. The van der Waals surface area contributed by atoms with E-state index in [0.717, 1.165) is 31.7 Å². The molecule has 0 spiro atoms. The van der Waals surface area contributed by atoms with Crippen molar-refractivity contribution >= 4 is 21.6 Å². The van der Waals surface area contributed by atoms with E-state index in [-0.39, 0.29) is 16.1 Å². The molecule has 1 aliphatic rings. The lowest BCUT2D eigenvalue weighted by Crippen LogP contribution is -2.46. The number of amides is 1. The van der Waals surface area contributed by atoms with Crippen molar-refractivity contribution in [1.29, 1.82) is 0 Å². The van der Waals surface area contributed by atoms with Crippen molar-refractivity contribution in [3.63, 3.8) is 0 Å². The van der Waals surface area contributed by atoms with Crippen molar-refractivity contribution in [2.24, 2.45) is 0 Å². The summed E-state index contributed by atoms with van der Waals surface area (Å²) in [5.41, 5.74) is -0.793. The number of aryl methyl sites for hydroxylation is 1. The topological polar surface area (TPSA) is 114 Å². The van der Waals surface area contributed by atoms with Crippen LogP contribution in [0.1, 0.15) is 60.6 Å². The third-order valence-corrected chi connectivity index (χ3v) is 7.15. The fraction of sp³-hybridized carbons (Fsp3) is 0.348. The van der Waals surface area contributed by atoms with Gasteiger partial charge in [-0.1, -0.05) is 49.0 Å². The molecule has 8 nitrogen and oxygen atoms in total. The highest BCUT2D eigenvalue weighted by Gasteiger charge is 2.39. The van der Waals surface area contributed by atoms with Crippen molar-refractivity contribution in [2.75, 3.05) is 4.72 Å². The van der Waals surface area contributed by atoms with Crippen molar-refractivity contribution in [3.8, 4) is 0 Å². The van der Waals surface area contributed by atoms with Gasteiger partial charge in [-0.25, -0.2) is 12.8 Å². The predicted octanol–water partition coefficient (Wildman–Crippen LogP) is 4.30. The fourth-order valence-electron chi connectivity index (χ4n) is 4.07. The van der Waals surface area contributed by atoms with Gasteiger partial charge in [0, 0.05) is 12.5 Å². The lowest BCUT2D eigenvalue weighted by atomic mass is 9.88. The highest BCUT2D eigenvalue weighted by Crippen LogP contribution is 2.35. The van der Waals surface area contributed by atoms with E-state index in [4.69, 9.17) is 4.52 Å². The van der Waals surface area contributed by atoms with Crippen LogP contribution in [0, 0.1) is 12.7 Å². The van der Waals surface area contributed by atoms with Gasteiger partial charge in [-0.2, -0.15) is 4.98 Å². The lowest BCUT2D eigenvalue weighted by molar-refractivity contribution is 0.0876. The van der Waals surface area contributed by atoms with E-state index in [1.807, 2.05) is 0 Å². The molecule has 1 aromatic heterocycles. The van der Waals surface area contributed by atoms with Gasteiger partial charge in [0.25, 0.3) is 15.9 Å². The Bertz CT molecular complexity index is 1250. The molecule has 0 unspecified atom stereocenters. The number of para-hydroxylation sites is 1. The number of hydrogen-bond donors (Lipinski definition) is 2. The van der Waals surface area contributed by atoms with Gasteiger partial charge < -0.3 is 9.84 Å². The normalized spacial score (nSPS) is 16.1. The van der Waals surface area contributed by atoms with Crippen LogP contribution in [-0.4, -0.2) is 24.5 Å². The molecule has 1 aliphatic carbocycles. The Hall–Kier alpha value is -3.27. The Labute approximate surface area is 191 Å². The highest BCUT2D eigenvalue weighted by molar-refractivity contribution is 7.92. The first-order valence-electron chi connectivity index (χ1n) is 10.8. The first-order chi connectivity index (χ1) is 15.8. The summed E-state index contributed by atoms with van der Waals surface area (Å²) in [7, 11) is -4.10. The Kier molecular flexibility index (Phi) is 6.46. The number of benzene rings is 2. The molecule has 33 heavy (non-hydrogen) atoms. The van der Waals surface area contributed by atoms with Gasteiger partial charge in [0.2, 0.25) is 5.89 Å². The molecule has 0 radical (unpaired) electrons. The summed E-state index contributed by atoms with van der Waals surface area (Å²) < 4.78 is 46.9. The van der Waals surface area contributed by atoms with Crippen molar-refractivity contribution in [1.82, 2.24) is 15.5 Å². The van der Waals surface area contributed by atoms with Crippen molar-refractivity contribution in [3.05, 3.63) is 71.6 Å². The number of rotatable bonds is 6. The number of nitrogens with one attached hydrogen (secondary N) is 2. The van der Waals surface area contributed by atoms with Crippen LogP contribution in [0.3, 0.4) is 0 Å². The van der Waals surface area contributed by atoms with E-state index in [0.29, 0.717) is 24.6 Å². The Morgan fingerprint density at radius 3 is 2.45 bits per heavy atom. The summed E-state index contributed by atoms with van der Waals surface area (Å²) in [5, 5.41) is 7.13. The monoisotopic (exact) mass is 472 g/mol. The summed E-state index contributed by atoms with van der Waals surface area (Å²) in [6, 6.07) is 11.1. The largest absolute Gasteiger partial charge is 0.340 e. The van der Waals surface area contributed by atoms with E-state index < -0.39 is 27.3 Å². The van der Waals surface area contributed by atoms with Crippen LogP contribution < -0.4 is 10.0 Å². The number of nitrogens with zero attached hydrogens (tertiary/aromatic N) is 2. The van der Waals surface area contributed by atoms with Gasteiger partial charge in [-0.05, 0) is 43.2 Å². The predicted molar refractivity (Wildman–Crippen MR) is 120 cm³/mol. The molecule has 2 aromatic carbocycles. The summed E-state index contributed by atoms with van der Waals surface area (Å²) in [5.74, 6) is -0.293. The second-order valence-electron chi connectivity index (χ2n) is 8.20. The van der Waals surface area contributed by atoms with Crippen LogP contribution in [0.15, 0.2) is 57.9 Å². The molecule has 1 heterocycles. The molecule has 0 atom stereocenters. The summed E-state index contributed by atoms with van der Waals surface area (Å²) in [6.07, 6.45) is 5.20. The molecule has 2 N–H and O–H groups in total. The maximum atomic E-state index is 13.9.